The number of benzene rings is 1. The van der Waals surface area contributed by atoms with E-state index in [2.05, 4.69) is 0 Å². The van der Waals surface area contributed by atoms with E-state index in [-0.39, 0.29) is 16.5 Å². The summed E-state index contributed by atoms with van der Waals surface area (Å²) in [7, 11) is 0. The molecule has 1 rings (SSSR count). The highest BCUT2D eigenvalue weighted by molar-refractivity contribution is 5.45. The third-order valence-corrected chi connectivity index (χ3v) is 2.58. The van der Waals surface area contributed by atoms with E-state index in [0.717, 1.165) is 24.0 Å². The van der Waals surface area contributed by atoms with Crippen molar-refractivity contribution in [3.63, 3.8) is 0 Å². The van der Waals surface area contributed by atoms with Gasteiger partial charge in [0.2, 0.25) is 0 Å². The van der Waals surface area contributed by atoms with Gasteiger partial charge in [-0.1, -0.05) is 26.0 Å². The van der Waals surface area contributed by atoms with E-state index in [0.29, 0.717) is 6.54 Å². The first-order chi connectivity index (χ1) is 7.56. The van der Waals surface area contributed by atoms with Gasteiger partial charge in [0.25, 0.3) is 5.69 Å². The Morgan fingerprint density at radius 2 is 2.12 bits per heavy atom. The zero-order chi connectivity index (χ0) is 12.1. The Hall–Kier alpha value is -1.42. The lowest BCUT2D eigenvalue weighted by molar-refractivity contribution is -0.385. The molecule has 1 aromatic carbocycles. The van der Waals surface area contributed by atoms with Gasteiger partial charge in [-0.15, -0.1) is 0 Å². The van der Waals surface area contributed by atoms with Gasteiger partial charge in [0.05, 0.1) is 4.92 Å². The highest BCUT2D eigenvalue weighted by Crippen LogP contribution is 2.27. The van der Waals surface area contributed by atoms with Gasteiger partial charge in [0.1, 0.15) is 0 Å². The molecule has 0 aliphatic carbocycles. The second-order valence-electron chi connectivity index (χ2n) is 4.20. The first-order valence-corrected chi connectivity index (χ1v) is 5.53. The summed E-state index contributed by atoms with van der Waals surface area (Å²) in [5.41, 5.74) is 7.43. The molecule has 4 heteroatoms. The summed E-state index contributed by atoms with van der Waals surface area (Å²) in [4.78, 5) is 10.6. The molecule has 0 aliphatic heterocycles. The van der Waals surface area contributed by atoms with Crippen molar-refractivity contribution in [3.05, 3.63) is 39.4 Å². The van der Waals surface area contributed by atoms with Crippen LogP contribution >= 0.6 is 0 Å². The van der Waals surface area contributed by atoms with E-state index < -0.39 is 0 Å². The number of aryl methyl sites for hydroxylation is 1. The topological polar surface area (TPSA) is 69.2 Å². The standard InChI is InChI=1S/C12H18N2O2/c1-9(2)11-6-5-10(4-3-7-13)8-12(11)14(15)16/h5-6,8-9H,3-4,7,13H2,1-2H3. The van der Waals surface area contributed by atoms with E-state index >= 15 is 0 Å². The number of hydrogen-bond acceptors (Lipinski definition) is 3. The zero-order valence-electron chi connectivity index (χ0n) is 9.77. The van der Waals surface area contributed by atoms with E-state index in [1.165, 1.54) is 0 Å². The maximum absolute atomic E-state index is 10.9. The van der Waals surface area contributed by atoms with Crippen LogP contribution in [0.4, 0.5) is 5.69 Å². The number of hydrogen-bond donors (Lipinski definition) is 1. The normalized spacial score (nSPS) is 10.8. The molecule has 1 aromatic rings. The smallest absolute Gasteiger partial charge is 0.273 e. The lowest BCUT2D eigenvalue weighted by Gasteiger charge is -2.08. The number of nitro groups is 1. The van der Waals surface area contributed by atoms with Gasteiger partial charge >= 0.3 is 0 Å². The van der Waals surface area contributed by atoms with Gasteiger partial charge in [-0.05, 0) is 30.9 Å². The Bertz CT molecular complexity index is 375. The van der Waals surface area contributed by atoms with Crippen LogP contribution in [0.2, 0.25) is 0 Å². The third kappa shape index (κ3) is 3.03. The molecular weight excluding hydrogens is 204 g/mol. The van der Waals surface area contributed by atoms with Crippen molar-refractivity contribution >= 4 is 5.69 Å². The molecule has 0 spiro atoms. The summed E-state index contributed by atoms with van der Waals surface area (Å²) in [5.74, 6) is 0.170. The molecule has 0 saturated heterocycles. The van der Waals surface area contributed by atoms with E-state index in [9.17, 15) is 10.1 Å². The van der Waals surface area contributed by atoms with Gasteiger partial charge in [-0.2, -0.15) is 0 Å². The van der Waals surface area contributed by atoms with Gasteiger partial charge in [0, 0.05) is 11.6 Å². The summed E-state index contributed by atoms with van der Waals surface area (Å²) in [6.45, 7) is 4.53. The predicted molar refractivity (Wildman–Crippen MR) is 64.6 cm³/mol. The first kappa shape index (κ1) is 12.6. The van der Waals surface area contributed by atoms with Crippen molar-refractivity contribution < 1.29 is 4.92 Å². The Balaban J connectivity index is 3.03. The van der Waals surface area contributed by atoms with Crippen molar-refractivity contribution in [3.8, 4) is 0 Å². The molecule has 2 N–H and O–H groups in total. The summed E-state index contributed by atoms with van der Waals surface area (Å²) >= 11 is 0. The van der Waals surface area contributed by atoms with Crippen LogP contribution < -0.4 is 5.73 Å². The van der Waals surface area contributed by atoms with Crippen LogP contribution in [0, 0.1) is 10.1 Å². The van der Waals surface area contributed by atoms with E-state index in [1.54, 1.807) is 6.07 Å². The quantitative estimate of drug-likeness (QED) is 0.615. The average molecular weight is 222 g/mol. The fraction of sp³-hybridized carbons (Fsp3) is 0.500. The van der Waals surface area contributed by atoms with Crippen molar-refractivity contribution in [2.45, 2.75) is 32.6 Å². The van der Waals surface area contributed by atoms with Crippen LogP contribution in [0.15, 0.2) is 18.2 Å². The van der Waals surface area contributed by atoms with Crippen molar-refractivity contribution in [2.75, 3.05) is 6.54 Å². The molecule has 88 valence electrons. The highest BCUT2D eigenvalue weighted by atomic mass is 16.6. The van der Waals surface area contributed by atoms with Crippen molar-refractivity contribution in [1.29, 1.82) is 0 Å². The van der Waals surface area contributed by atoms with Gasteiger partial charge < -0.3 is 5.73 Å². The maximum Gasteiger partial charge on any atom is 0.273 e. The average Bonchev–Trinajstić information content (AvgIpc) is 2.25. The fourth-order valence-electron chi connectivity index (χ4n) is 1.70. The molecule has 0 unspecified atom stereocenters. The predicted octanol–water partition coefficient (Wildman–Crippen LogP) is 2.61. The zero-order valence-corrected chi connectivity index (χ0v) is 9.77. The van der Waals surface area contributed by atoms with Crippen LogP contribution in [-0.2, 0) is 6.42 Å². The fourth-order valence-corrected chi connectivity index (χ4v) is 1.70. The second-order valence-corrected chi connectivity index (χ2v) is 4.20. The summed E-state index contributed by atoms with van der Waals surface area (Å²) in [5, 5.41) is 10.9. The minimum absolute atomic E-state index is 0.170. The molecule has 0 heterocycles. The molecule has 0 fully saturated rings. The molecule has 0 bridgehead atoms. The highest BCUT2D eigenvalue weighted by Gasteiger charge is 2.16. The monoisotopic (exact) mass is 222 g/mol. The summed E-state index contributed by atoms with van der Waals surface area (Å²) in [6, 6.07) is 5.48. The molecule has 4 nitrogen and oxygen atoms in total. The Morgan fingerprint density at radius 3 is 2.62 bits per heavy atom. The number of nitrogens with two attached hydrogens (primary N) is 1. The number of nitro benzene ring substituents is 1. The minimum atomic E-state index is -0.304. The van der Waals surface area contributed by atoms with Gasteiger partial charge in [-0.3, -0.25) is 10.1 Å². The molecule has 0 amide bonds. The minimum Gasteiger partial charge on any atom is -0.330 e. The Labute approximate surface area is 95.6 Å². The lowest BCUT2D eigenvalue weighted by Crippen LogP contribution is -2.02. The first-order valence-electron chi connectivity index (χ1n) is 5.53. The van der Waals surface area contributed by atoms with Crippen LogP contribution in [0.25, 0.3) is 0 Å². The molecule has 0 aliphatic rings. The van der Waals surface area contributed by atoms with E-state index in [4.69, 9.17) is 5.73 Å². The van der Waals surface area contributed by atoms with Gasteiger partial charge in [0.15, 0.2) is 0 Å². The Kier molecular flexibility index (Phi) is 4.43. The molecule has 0 atom stereocenters. The maximum atomic E-state index is 10.9. The molecule has 0 radical (unpaired) electrons. The Morgan fingerprint density at radius 1 is 1.44 bits per heavy atom. The number of nitrogens with zero attached hydrogens (tertiary/aromatic N) is 1. The van der Waals surface area contributed by atoms with Crippen molar-refractivity contribution in [1.82, 2.24) is 0 Å². The molecule has 16 heavy (non-hydrogen) atoms. The van der Waals surface area contributed by atoms with Crippen LogP contribution in [0.1, 0.15) is 37.3 Å². The van der Waals surface area contributed by atoms with Crippen LogP contribution in [0.3, 0.4) is 0 Å². The lowest BCUT2D eigenvalue weighted by atomic mass is 9.98. The van der Waals surface area contributed by atoms with Gasteiger partial charge in [-0.25, -0.2) is 0 Å². The van der Waals surface area contributed by atoms with Crippen LogP contribution in [-0.4, -0.2) is 11.5 Å². The second kappa shape index (κ2) is 5.61. The molecular formula is C12H18N2O2. The summed E-state index contributed by atoms with van der Waals surface area (Å²) < 4.78 is 0. The molecule has 0 aromatic heterocycles. The largest absolute Gasteiger partial charge is 0.330 e. The van der Waals surface area contributed by atoms with E-state index in [1.807, 2.05) is 26.0 Å². The molecule has 0 saturated carbocycles. The van der Waals surface area contributed by atoms with Crippen LogP contribution in [0.5, 0.6) is 0 Å². The third-order valence-electron chi connectivity index (χ3n) is 2.58. The van der Waals surface area contributed by atoms with Crippen molar-refractivity contribution in [2.24, 2.45) is 5.73 Å². The summed E-state index contributed by atoms with van der Waals surface area (Å²) in [6.07, 6.45) is 1.66. The number of rotatable bonds is 5. The SMILES string of the molecule is CC(C)c1ccc(CCCN)cc1[N+](=O)[O-].